The summed E-state index contributed by atoms with van der Waals surface area (Å²) in [6.07, 6.45) is 30.9. The first-order valence-electron chi connectivity index (χ1n) is 23.6. The van der Waals surface area contributed by atoms with E-state index in [1.165, 1.54) is 110 Å². The minimum atomic E-state index is -0.0433. The van der Waals surface area contributed by atoms with Crippen molar-refractivity contribution in [1.82, 2.24) is 0 Å². The molecule has 0 aliphatic heterocycles. The summed E-state index contributed by atoms with van der Waals surface area (Å²) in [5.41, 5.74) is 19.6. The van der Waals surface area contributed by atoms with Gasteiger partial charge >= 0.3 is 0 Å². The molecule has 0 fully saturated rings. The van der Waals surface area contributed by atoms with E-state index in [0.717, 1.165) is 12.8 Å². The molecule has 0 bridgehead atoms. The van der Waals surface area contributed by atoms with Crippen LogP contribution in [0.5, 0.6) is 0 Å². The molecule has 65 heavy (non-hydrogen) atoms. The Hall–Kier alpha value is -7.28. The van der Waals surface area contributed by atoms with E-state index in [0.29, 0.717) is 0 Å². The van der Waals surface area contributed by atoms with Crippen LogP contribution < -0.4 is 10.4 Å². The second kappa shape index (κ2) is 14.9. The highest BCUT2D eigenvalue weighted by atomic mass is 14.4. The molecule has 0 saturated heterocycles. The summed E-state index contributed by atoms with van der Waals surface area (Å²) in [7, 11) is 0. The van der Waals surface area contributed by atoms with E-state index >= 15 is 0 Å². The van der Waals surface area contributed by atoms with Crippen LogP contribution in [-0.4, -0.2) is 0 Å². The first-order chi connectivity index (χ1) is 32.0. The van der Waals surface area contributed by atoms with E-state index in [1.54, 1.807) is 0 Å². The molecule has 6 aliphatic carbocycles. The molecule has 7 aromatic rings. The van der Waals surface area contributed by atoms with Gasteiger partial charge in [-0.2, -0.15) is 0 Å². The van der Waals surface area contributed by atoms with E-state index in [-0.39, 0.29) is 29.1 Å². The lowest BCUT2D eigenvalue weighted by Gasteiger charge is -2.36. The number of fused-ring (bicyclic) bond motifs is 8. The molecule has 0 aromatic heterocycles. The topological polar surface area (TPSA) is 0 Å². The van der Waals surface area contributed by atoms with Gasteiger partial charge < -0.3 is 0 Å². The Balaban J connectivity index is 0.931. The molecule has 310 valence electrons. The quantitative estimate of drug-likeness (QED) is 0.152. The van der Waals surface area contributed by atoms with Crippen LogP contribution in [0.2, 0.25) is 0 Å². The largest absolute Gasteiger partial charge is 0.0761 e. The molecule has 7 aromatic carbocycles. The minimum Gasteiger partial charge on any atom is -0.0761 e. The van der Waals surface area contributed by atoms with Gasteiger partial charge in [0.1, 0.15) is 0 Å². The van der Waals surface area contributed by atoms with Crippen LogP contribution in [0.1, 0.15) is 48.9 Å². The molecular formula is C65H50. The third kappa shape index (κ3) is 5.83. The molecule has 4 atom stereocenters. The molecule has 0 saturated carbocycles. The van der Waals surface area contributed by atoms with Crippen molar-refractivity contribution in [3.63, 3.8) is 0 Å². The number of hydrogen-bond acceptors (Lipinski definition) is 0. The van der Waals surface area contributed by atoms with Gasteiger partial charge in [-0.15, -0.1) is 0 Å². The van der Waals surface area contributed by atoms with E-state index in [4.69, 9.17) is 0 Å². The molecule has 0 heteroatoms. The zero-order chi connectivity index (χ0) is 43.2. The first-order valence-corrected chi connectivity index (χ1v) is 23.6. The Bertz CT molecular complexity index is 3510. The Morgan fingerprint density at radius 2 is 0.892 bits per heavy atom. The first kappa shape index (κ1) is 38.2. The van der Waals surface area contributed by atoms with Gasteiger partial charge in [0.2, 0.25) is 0 Å². The van der Waals surface area contributed by atoms with E-state index in [9.17, 15) is 0 Å². The average Bonchev–Trinajstić information content (AvgIpc) is 3.59. The molecule has 0 N–H and O–H groups in total. The maximum absolute atomic E-state index is 2.52. The number of rotatable bonds is 5. The summed E-state index contributed by atoms with van der Waals surface area (Å²) in [6, 6.07) is 54.6. The molecular weight excluding hydrogens is 781 g/mol. The number of hydrogen-bond donors (Lipinski definition) is 0. The summed E-state index contributed by atoms with van der Waals surface area (Å²) >= 11 is 0. The van der Waals surface area contributed by atoms with Gasteiger partial charge in [-0.3, -0.25) is 0 Å². The Kier molecular flexibility index (Phi) is 8.76. The summed E-state index contributed by atoms with van der Waals surface area (Å²) < 4.78 is 0. The standard InChI is InChI=1S/C65H50/c1-65(2)59-31-17-16-22-48(59)49-37-36-44(40-60(49)65)63-52-25-10-8-23-50(52)62(51-24-9-11-26-53(51)63)43-34-32-41(33-35-43)45-38-39-58(47-21-7-6-20-46(45)47)64-56-29-14-12-27-54(56)61(42-18-4-3-5-19-42)55-28-13-15-30-57(55)64/h3-32,34,36-40,46-47,50,52H,33,35H2,1-2H3. The highest BCUT2D eigenvalue weighted by Gasteiger charge is 2.38. The van der Waals surface area contributed by atoms with Gasteiger partial charge in [0.25, 0.3) is 0 Å². The summed E-state index contributed by atoms with van der Waals surface area (Å²) in [5, 5.41) is 8.01. The molecule has 0 heterocycles. The maximum atomic E-state index is 2.52. The van der Waals surface area contributed by atoms with Gasteiger partial charge in [0.15, 0.2) is 0 Å². The second-order valence-corrected chi connectivity index (χ2v) is 19.3. The monoisotopic (exact) mass is 830 g/mol. The Morgan fingerprint density at radius 1 is 0.385 bits per heavy atom. The number of allylic oxidation sites excluding steroid dienone is 16. The highest BCUT2D eigenvalue weighted by Crippen LogP contribution is 2.52. The zero-order valence-corrected chi connectivity index (χ0v) is 37.0. The Morgan fingerprint density at radius 3 is 1.57 bits per heavy atom. The predicted octanol–water partition coefficient (Wildman–Crippen LogP) is 14.7. The van der Waals surface area contributed by atoms with Gasteiger partial charge in [-0.05, 0) is 129 Å². The van der Waals surface area contributed by atoms with Crippen molar-refractivity contribution in [3.05, 3.63) is 268 Å². The molecule has 0 amide bonds. The van der Waals surface area contributed by atoms with Crippen LogP contribution in [0, 0.1) is 23.7 Å². The van der Waals surface area contributed by atoms with Gasteiger partial charge in [-0.25, -0.2) is 0 Å². The van der Waals surface area contributed by atoms with E-state index < -0.39 is 0 Å². The lowest BCUT2D eigenvalue weighted by Crippen LogP contribution is -2.40. The van der Waals surface area contributed by atoms with Crippen LogP contribution in [0.3, 0.4) is 0 Å². The van der Waals surface area contributed by atoms with E-state index in [2.05, 4.69) is 232 Å². The average molecular weight is 831 g/mol. The lowest BCUT2D eigenvalue weighted by molar-refractivity contribution is 0.637. The van der Waals surface area contributed by atoms with Crippen LogP contribution in [-0.2, 0) is 5.41 Å². The minimum absolute atomic E-state index is 0.0433. The normalized spacial score (nSPS) is 22.1. The van der Waals surface area contributed by atoms with Crippen LogP contribution >= 0.6 is 0 Å². The third-order valence-electron chi connectivity index (χ3n) is 15.6. The SMILES string of the molecule is CC1(C)c2ccccc2-c2ccc(C3=c4ccccc4=C(C4=CC=C(C5=CC=C(c6c7ccccc7c(-c7ccccc7)c7ccccc67)C6C=CC=CC56)CC4)C4C=CC=CC34)cc21. The van der Waals surface area contributed by atoms with Crippen LogP contribution in [0.15, 0.2) is 235 Å². The fourth-order valence-electron chi connectivity index (χ4n) is 12.7. The van der Waals surface area contributed by atoms with Crippen molar-refractivity contribution >= 4 is 38.3 Å². The van der Waals surface area contributed by atoms with Gasteiger partial charge in [-0.1, -0.05) is 226 Å². The van der Waals surface area contributed by atoms with Gasteiger partial charge in [0.05, 0.1) is 0 Å². The second-order valence-electron chi connectivity index (χ2n) is 19.3. The smallest absolute Gasteiger partial charge is 0.0159 e. The molecule has 4 unspecified atom stereocenters. The lowest BCUT2D eigenvalue weighted by atomic mass is 9.67. The van der Waals surface area contributed by atoms with Crippen molar-refractivity contribution in [2.75, 3.05) is 0 Å². The Labute approximate surface area is 382 Å². The fraction of sp³-hybridized carbons (Fsp3) is 0.138. The third-order valence-corrected chi connectivity index (χ3v) is 15.6. The molecule has 0 spiro atoms. The summed E-state index contributed by atoms with van der Waals surface area (Å²) in [6.45, 7) is 4.79. The molecule has 13 rings (SSSR count). The van der Waals surface area contributed by atoms with Crippen molar-refractivity contribution in [2.24, 2.45) is 23.7 Å². The summed E-state index contributed by atoms with van der Waals surface area (Å²) in [4.78, 5) is 0. The molecule has 0 radical (unpaired) electrons. The highest BCUT2D eigenvalue weighted by molar-refractivity contribution is 6.19. The van der Waals surface area contributed by atoms with Crippen LogP contribution in [0.4, 0.5) is 0 Å². The van der Waals surface area contributed by atoms with Crippen molar-refractivity contribution in [2.45, 2.75) is 32.1 Å². The number of benzene rings is 7. The maximum Gasteiger partial charge on any atom is 0.0159 e. The predicted molar refractivity (Wildman–Crippen MR) is 274 cm³/mol. The molecule has 0 nitrogen and oxygen atoms in total. The fourth-order valence-corrected chi connectivity index (χ4v) is 12.7. The molecule has 6 aliphatic rings. The van der Waals surface area contributed by atoms with Gasteiger partial charge in [0, 0.05) is 29.1 Å². The zero-order valence-electron chi connectivity index (χ0n) is 37.0. The summed E-state index contributed by atoms with van der Waals surface area (Å²) in [5.74, 6) is 1.05. The van der Waals surface area contributed by atoms with Crippen molar-refractivity contribution in [1.29, 1.82) is 0 Å². The van der Waals surface area contributed by atoms with E-state index in [1.807, 2.05) is 0 Å². The van der Waals surface area contributed by atoms with Crippen LogP contribution in [0.25, 0.3) is 60.5 Å². The van der Waals surface area contributed by atoms with Crippen molar-refractivity contribution < 1.29 is 0 Å². The van der Waals surface area contributed by atoms with Crippen molar-refractivity contribution in [3.8, 4) is 22.3 Å².